The highest BCUT2D eigenvalue weighted by atomic mass is 35.5. The zero-order chi connectivity index (χ0) is 12.7. The van der Waals surface area contributed by atoms with E-state index in [2.05, 4.69) is 5.10 Å². The summed E-state index contributed by atoms with van der Waals surface area (Å²) >= 11 is 6.11. The van der Waals surface area contributed by atoms with Crippen LogP contribution in [0.5, 0.6) is 5.75 Å². The summed E-state index contributed by atoms with van der Waals surface area (Å²) in [4.78, 5) is 0. The minimum absolute atomic E-state index is 0.199. The number of rotatable bonds is 1. The molecule has 0 aliphatic carbocycles. The molecule has 17 heavy (non-hydrogen) atoms. The number of phenolic OH excluding ortho intramolecular Hbond substituents is 1. The van der Waals surface area contributed by atoms with Gasteiger partial charge in [-0.15, -0.1) is 0 Å². The van der Waals surface area contributed by atoms with Crippen LogP contribution in [0.2, 0.25) is 5.02 Å². The summed E-state index contributed by atoms with van der Waals surface area (Å²) in [5, 5.41) is 15.0. The first kappa shape index (κ1) is 11.8. The van der Waals surface area contributed by atoms with Gasteiger partial charge in [0.25, 0.3) is 0 Å². The van der Waals surface area contributed by atoms with Gasteiger partial charge in [0.1, 0.15) is 11.6 Å². The number of phenols is 1. The Labute approximate surface area is 105 Å². The van der Waals surface area contributed by atoms with Gasteiger partial charge >= 0.3 is 0 Å². The van der Waals surface area contributed by atoms with Gasteiger partial charge in [0.15, 0.2) is 0 Å². The summed E-state index contributed by atoms with van der Waals surface area (Å²) in [6.07, 6.45) is 0. The topological polar surface area (TPSA) is 64.1 Å². The number of aromatic nitrogens is 2. The first-order chi connectivity index (χ1) is 7.91. The van der Waals surface area contributed by atoms with Gasteiger partial charge in [0.05, 0.1) is 5.69 Å². The molecule has 2 rings (SSSR count). The van der Waals surface area contributed by atoms with Crippen molar-refractivity contribution in [1.82, 2.24) is 9.78 Å². The molecule has 0 aliphatic rings. The van der Waals surface area contributed by atoms with Crippen LogP contribution in [0, 0.1) is 13.8 Å². The minimum atomic E-state index is 0.199. The molecule has 0 spiro atoms. The molecular formula is C12H14ClN3O. The molecule has 0 saturated carbocycles. The molecule has 0 aliphatic heterocycles. The van der Waals surface area contributed by atoms with Crippen molar-refractivity contribution in [2.24, 2.45) is 7.05 Å². The fraction of sp³-hybridized carbons (Fsp3) is 0.250. The lowest BCUT2D eigenvalue weighted by atomic mass is 10.0. The summed E-state index contributed by atoms with van der Waals surface area (Å²) in [6, 6.07) is 3.46. The Balaban J connectivity index is 2.74. The lowest BCUT2D eigenvalue weighted by Gasteiger charge is -2.10. The second-order valence-corrected chi connectivity index (χ2v) is 4.51. The van der Waals surface area contributed by atoms with Gasteiger partial charge in [-0.2, -0.15) is 5.10 Å². The van der Waals surface area contributed by atoms with E-state index in [0.29, 0.717) is 22.1 Å². The molecule has 1 aromatic heterocycles. The van der Waals surface area contributed by atoms with Crippen molar-refractivity contribution in [3.05, 3.63) is 28.3 Å². The summed E-state index contributed by atoms with van der Waals surface area (Å²) in [7, 11) is 1.75. The monoisotopic (exact) mass is 251 g/mol. The molecule has 1 aromatic carbocycles. The number of anilines is 1. The fourth-order valence-corrected chi connectivity index (χ4v) is 2.04. The smallest absolute Gasteiger partial charge is 0.128 e. The predicted octanol–water partition coefficient (Wildman–Crippen LogP) is 2.65. The Morgan fingerprint density at radius 3 is 2.53 bits per heavy atom. The average molecular weight is 252 g/mol. The average Bonchev–Trinajstić information content (AvgIpc) is 2.57. The van der Waals surface area contributed by atoms with Crippen LogP contribution in [-0.2, 0) is 7.05 Å². The number of benzene rings is 1. The maximum absolute atomic E-state index is 10.1. The Morgan fingerprint density at radius 1 is 1.35 bits per heavy atom. The van der Waals surface area contributed by atoms with Gasteiger partial charge in [-0.3, -0.25) is 4.68 Å². The van der Waals surface area contributed by atoms with E-state index in [1.807, 2.05) is 6.92 Å². The van der Waals surface area contributed by atoms with E-state index in [-0.39, 0.29) is 5.75 Å². The third kappa shape index (κ3) is 1.85. The number of aryl methyl sites for hydroxylation is 2. The van der Waals surface area contributed by atoms with Gasteiger partial charge in [-0.1, -0.05) is 11.6 Å². The Morgan fingerprint density at radius 2 is 2.00 bits per heavy atom. The third-order valence-corrected chi connectivity index (χ3v) is 3.25. The van der Waals surface area contributed by atoms with Gasteiger partial charge in [0.2, 0.25) is 0 Å². The van der Waals surface area contributed by atoms with Crippen LogP contribution in [0.15, 0.2) is 12.1 Å². The predicted molar refractivity (Wildman–Crippen MR) is 69.2 cm³/mol. The molecule has 0 atom stereocenters. The number of nitrogen functional groups attached to an aromatic ring is 1. The maximum atomic E-state index is 10.1. The van der Waals surface area contributed by atoms with E-state index in [1.165, 1.54) is 0 Å². The molecule has 0 saturated heterocycles. The number of aromatic hydroxyl groups is 1. The van der Waals surface area contributed by atoms with E-state index in [0.717, 1.165) is 11.1 Å². The molecule has 90 valence electrons. The van der Waals surface area contributed by atoms with E-state index in [4.69, 9.17) is 17.3 Å². The highest BCUT2D eigenvalue weighted by molar-refractivity contribution is 6.32. The summed E-state index contributed by atoms with van der Waals surface area (Å²) in [5.74, 6) is 0.737. The number of hydrogen-bond acceptors (Lipinski definition) is 3. The quantitative estimate of drug-likeness (QED) is 0.819. The van der Waals surface area contributed by atoms with Gasteiger partial charge < -0.3 is 10.8 Å². The number of nitrogens with zero attached hydrogens (tertiary/aromatic N) is 2. The van der Waals surface area contributed by atoms with Crippen molar-refractivity contribution in [2.75, 3.05) is 5.73 Å². The molecule has 0 radical (unpaired) electrons. The van der Waals surface area contributed by atoms with Crippen molar-refractivity contribution in [1.29, 1.82) is 0 Å². The van der Waals surface area contributed by atoms with Crippen molar-refractivity contribution in [3.8, 4) is 17.0 Å². The molecule has 4 nitrogen and oxygen atoms in total. The minimum Gasteiger partial charge on any atom is -0.507 e. The van der Waals surface area contributed by atoms with Crippen LogP contribution >= 0.6 is 11.6 Å². The van der Waals surface area contributed by atoms with E-state index >= 15 is 0 Å². The largest absolute Gasteiger partial charge is 0.507 e. The molecule has 1 heterocycles. The van der Waals surface area contributed by atoms with Crippen molar-refractivity contribution >= 4 is 17.4 Å². The van der Waals surface area contributed by atoms with Crippen LogP contribution in [0.25, 0.3) is 11.3 Å². The SMILES string of the molecule is Cc1cc(Cl)c(C)c(-c2cc(N)n(C)n2)c1O. The lowest BCUT2D eigenvalue weighted by molar-refractivity contribution is 0.472. The first-order valence-electron chi connectivity index (χ1n) is 5.20. The molecule has 5 heteroatoms. The van der Waals surface area contributed by atoms with Crippen molar-refractivity contribution in [3.63, 3.8) is 0 Å². The van der Waals surface area contributed by atoms with Gasteiger partial charge in [-0.25, -0.2) is 0 Å². The fourth-order valence-electron chi connectivity index (χ4n) is 1.78. The highest BCUT2D eigenvalue weighted by Crippen LogP contribution is 2.38. The van der Waals surface area contributed by atoms with Crippen LogP contribution in [0.4, 0.5) is 5.82 Å². The van der Waals surface area contributed by atoms with Crippen LogP contribution in [0.3, 0.4) is 0 Å². The highest BCUT2D eigenvalue weighted by Gasteiger charge is 2.16. The Bertz CT molecular complexity index is 544. The molecule has 0 unspecified atom stereocenters. The van der Waals surface area contributed by atoms with Crippen LogP contribution < -0.4 is 5.73 Å². The number of nitrogens with two attached hydrogens (primary N) is 1. The summed E-state index contributed by atoms with van der Waals surface area (Å²) in [5.41, 5.74) is 8.53. The molecule has 2 aromatic rings. The Kier molecular flexibility index (Phi) is 2.75. The van der Waals surface area contributed by atoms with E-state index < -0.39 is 0 Å². The molecule has 0 bridgehead atoms. The summed E-state index contributed by atoms with van der Waals surface area (Å²) in [6.45, 7) is 3.65. The maximum Gasteiger partial charge on any atom is 0.128 e. The number of hydrogen-bond donors (Lipinski definition) is 2. The van der Waals surface area contributed by atoms with Gasteiger partial charge in [-0.05, 0) is 31.0 Å². The molecule has 0 amide bonds. The third-order valence-electron chi connectivity index (χ3n) is 2.86. The normalized spacial score (nSPS) is 10.8. The Hall–Kier alpha value is -1.68. The van der Waals surface area contributed by atoms with Gasteiger partial charge in [0, 0.05) is 23.7 Å². The van der Waals surface area contributed by atoms with E-state index in [1.54, 1.807) is 30.8 Å². The summed E-state index contributed by atoms with van der Waals surface area (Å²) < 4.78 is 1.56. The standard InChI is InChI=1S/C12H14ClN3O/c1-6-4-8(13)7(2)11(12(6)17)9-5-10(14)16(3)15-9/h4-5,17H,14H2,1-3H3. The molecule has 0 fully saturated rings. The second-order valence-electron chi connectivity index (χ2n) is 4.10. The molecule has 3 N–H and O–H groups in total. The van der Waals surface area contributed by atoms with Crippen molar-refractivity contribution < 1.29 is 5.11 Å². The first-order valence-corrected chi connectivity index (χ1v) is 5.58. The van der Waals surface area contributed by atoms with E-state index in [9.17, 15) is 5.11 Å². The lowest BCUT2D eigenvalue weighted by Crippen LogP contribution is -1.97. The number of halogens is 1. The van der Waals surface area contributed by atoms with Crippen LogP contribution in [0.1, 0.15) is 11.1 Å². The molecular weight excluding hydrogens is 238 g/mol. The van der Waals surface area contributed by atoms with Crippen LogP contribution in [-0.4, -0.2) is 14.9 Å². The van der Waals surface area contributed by atoms with Crippen molar-refractivity contribution in [2.45, 2.75) is 13.8 Å². The zero-order valence-corrected chi connectivity index (χ0v) is 10.7. The zero-order valence-electron chi connectivity index (χ0n) is 9.95. The second kappa shape index (κ2) is 3.96.